The van der Waals surface area contributed by atoms with E-state index in [1.165, 1.54) is 32.1 Å². The molecule has 0 aromatic heterocycles. The molecule has 0 saturated carbocycles. The fourth-order valence-electron chi connectivity index (χ4n) is 1.88. The summed E-state index contributed by atoms with van der Waals surface area (Å²) < 4.78 is 0. The Morgan fingerprint density at radius 1 is 1.05 bits per heavy atom. The average Bonchev–Trinajstić information content (AvgIpc) is 2.37. The molecule has 0 saturated heterocycles. The van der Waals surface area contributed by atoms with Gasteiger partial charge in [0.15, 0.2) is 0 Å². The van der Waals surface area contributed by atoms with Crippen molar-refractivity contribution < 1.29 is 14.7 Å². The number of carbonyl (C=O) groups is 2. The van der Waals surface area contributed by atoms with Gasteiger partial charge in [-0.2, -0.15) is 0 Å². The zero-order valence-electron chi connectivity index (χ0n) is 12.4. The van der Waals surface area contributed by atoms with E-state index in [-0.39, 0.29) is 11.8 Å². The Balaban J connectivity index is 3.33. The summed E-state index contributed by atoms with van der Waals surface area (Å²) in [5.74, 6) is -1.15. The van der Waals surface area contributed by atoms with Crippen molar-refractivity contribution >= 4 is 11.9 Å². The van der Waals surface area contributed by atoms with Gasteiger partial charge < -0.3 is 10.4 Å². The first kappa shape index (κ1) is 17.9. The normalized spacial score (nSPS) is 12.1. The molecule has 4 heteroatoms. The van der Waals surface area contributed by atoms with Gasteiger partial charge in [-0.05, 0) is 12.8 Å². The van der Waals surface area contributed by atoms with E-state index >= 15 is 0 Å². The van der Waals surface area contributed by atoms with Gasteiger partial charge in [0.05, 0.1) is 5.92 Å². The molecule has 0 aliphatic heterocycles. The van der Waals surface area contributed by atoms with E-state index in [2.05, 4.69) is 12.2 Å². The molecule has 0 aromatic rings. The topological polar surface area (TPSA) is 66.4 Å². The molecule has 0 heterocycles. The lowest BCUT2D eigenvalue weighted by Gasteiger charge is -2.07. The van der Waals surface area contributed by atoms with E-state index < -0.39 is 5.97 Å². The summed E-state index contributed by atoms with van der Waals surface area (Å²) in [6.45, 7) is 4.32. The molecule has 0 aliphatic rings. The minimum atomic E-state index is -0.804. The average molecular weight is 271 g/mol. The van der Waals surface area contributed by atoms with Gasteiger partial charge in [0.2, 0.25) is 5.91 Å². The molecule has 0 bridgehead atoms. The third kappa shape index (κ3) is 11.7. The van der Waals surface area contributed by atoms with Gasteiger partial charge in [-0.1, -0.05) is 52.4 Å². The Kier molecular flexibility index (Phi) is 11.3. The number of amides is 1. The molecule has 0 radical (unpaired) electrons. The van der Waals surface area contributed by atoms with Gasteiger partial charge in [-0.3, -0.25) is 9.59 Å². The number of unbranched alkanes of at least 4 members (excludes halogenated alkanes) is 6. The maximum atomic E-state index is 11.5. The Bertz CT molecular complexity index is 254. The monoisotopic (exact) mass is 271 g/mol. The summed E-state index contributed by atoms with van der Waals surface area (Å²) >= 11 is 0. The van der Waals surface area contributed by atoms with Crippen molar-refractivity contribution in [3.63, 3.8) is 0 Å². The van der Waals surface area contributed by atoms with Crippen LogP contribution in [0.5, 0.6) is 0 Å². The molecule has 112 valence electrons. The van der Waals surface area contributed by atoms with Gasteiger partial charge in [-0.25, -0.2) is 0 Å². The zero-order valence-corrected chi connectivity index (χ0v) is 12.4. The highest BCUT2D eigenvalue weighted by molar-refractivity contribution is 5.75. The Hall–Kier alpha value is -1.06. The molecule has 0 spiro atoms. The summed E-state index contributed by atoms with van der Waals surface area (Å²) in [7, 11) is 0. The number of nitrogens with one attached hydrogen (secondary N) is 1. The van der Waals surface area contributed by atoms with Crippen LogP contribution in [0.3, 0.4) is 0 Å². The van der Waals surface area contributed by atoms with Crippen molar-refractivity contribution in [2.45, 2.75) is 71.6 Å². The molecule has 1 unspecified atom stereocenters. The molecule has 2 N–H and O–H groups in total. The predicted molar refractivity (Wildman–Crippen MR) is 77.0 cm³/mol. The van der Waals surface area contributed by atoms with Crippen LogP contribution in [0.4, 0.5) is 0 Å². The standard InChI is InChI=1S/C15H29NO3/c1-3-4-5-6-7-8-9-10-14(17)16-12-11-13(2)15(18)19/h13H,3-12H2,1-2H3,(H,16,17)(H,18,19). The van der Waals surface area contributed by atoms with E-state index in [1.54, 1.807) is 6.92 Å². The molecule has 1 atom stereocenters. The summed E-state index contributed by atoms with van der Waals surface area (Å²) in [5.41, 5.74) is 0. The van der Waals surface area contributed by atoms with Crippen molar-refractivity contribution in [3.8, 4) is 0 Å². The van der Waals surface area contributed by atoms with Crippen LogP contribution in [0.1, 0.15) is 71.6 Å². The second-order valence-electron chi connectivity index (χ2n) is 5.25. The number of rotatable bonds is 12. The smallest absolute Gasteiger partial charge is 0.306 e. The van der Waals surface area contributed by atoms with Crippen LogP contribution < -0.4 is 5.32 Å². The van der Waals surface area contributed by atoms with Crippen LogP contribution >= 0.6 is 0 Å². The number of carboxylic acid groups (broad SMARTS) is 1. The first-order valence-electron chi connectivity index (χ1n) is 7.57. The SMILES string of the molecule is CCCCCCCCCC(=O)NCCC(C)C(=O)O. The van der Waals surface area contributed by atoms with E-state index in [0.717, 1.165) is 12.8 Å². The number of hydrogen-bond acceptors (Lipinski definition) is 2. The predicted octanol–water partition coefficient (Wildman–Crippen LogP) is 3.35. The van der Waals surface area contributed by atoms with Crippen LogP contribution in [-0.2, 0) is 9.59 Å². The molecular formula is C15H29NO3. The minimum Gasteiger partial charge on any atom is -0.481 e. The number of hydrogen-bond donors (Lipinski definition) is 2. The van der Waals surface area contributed by atoms with Gasteiger partial charge in [0.1, 0.15) is 0 Å². The molecule has 4 nitrogen and oxygen atoms in total. The highest BCUT2D eigenvalue weighted by atomic mass is 16.4. The van der Waals surface area contributed by atoms with E-state index in [0.29, 0.717) is 19.4 Å². The van der Waals surface area contributed by atoms with E-state index in [4.69, 9.17) is 5.11 Å². The summed E-state index contributed by atoms with van der Waals surface area (Å²) in [6.07, 6.45) is 9.46. The van der Waals surface area contributed by atoms with Gasteiger partial charge >= 0.3 is 5.97 Å². The maximum absolute atomic E-state index is 11.5. The summed E-state index contributed by atoms with van der Waals surface area (Å²) in [6, 6.07) is 0. The molecular weight excluding hydrogens is 242 g/mol. The second kappa shape index (κ2) is 12.0. The van der Waals surface area contributed by atoms with Crippen LogP contribution in [0, 0.1) is 5.92 Å². The maximum Gasteiger partial charge on any atom is 0.306 e. The molecule has 0 aliphatic carbocycles. The fraction of sp³-hybridized carbons (Fsp3) is 0.867. The van der Waals surface area contributed by atoms with Gasteiger partial charge in [0, 0.05) is 13.0 Å². The molecule has 1 amide bonds. The third-order valence-corrected chi connectivity index (χ3v) is 3.33. The first-order valence-corrected chi connectivity index (χ1v) is 7.57. The number of carbonyl (C=O) groups excluding carboxylic acids is 1. The Labute approximate surface area is 117 Å². The van der Waals surface area contributed by atoms with Crippen molar-refractivity contribution in [1.29, 1.82) is 0 Å². The van der Waals surface area contributed by atoms with Crippen molar-refractivity contribution in [2.24, 2.45) is 5.92 Å². The van der Waals surface area contributed by atoms with Gasteiger partial charge in [0.25, 0.3) is 0 Å². The highest BCUT2D eigenvalue weighted by Gasteiger charge is 2.10. The van der Waals surface area contributed by atoms with Crippen molar-refractivity contribution in [1.82, 2.24) is 5.32 Å². The lowest BCUT2D eigenvalue weighted by atomic mass is 10.1. The van der Waals surface area contributed by atoms with Crippen molar-refractivity contribution in [2.75, 3.05) is 6.54 Å². The Morgan fingerprint density at radius 3 is 2.21 bits per heavy atom. The minimum absolute atomic E-state index is 0.0474. The van der Waals surface area contributed by atoms with Crippen LogP contribution in [-0.4, -0.2) is 23.5 Å². The lowest BCUT2D eigenvalue weighted by Crippen LogP contribution is -2.26. The van der Waals surface area contributed by atoms with E-state index in [1.807, 2.05) is 0 Å². The largest absolute Gasteiger partial charge is 0.481 e. The number of carboxylic acids is 1. The quantitative estimate of drug-likeness (QED) is 0.535. The Morgan fingerprint density at radius 2 is 1.63 bits per heavy atom. The van der Waals surface area contributed by atoms with E-state index in [9.17, 15) is 9.59 Å². The molecule has 0 fully saturated rings. The van der Waals surface area contributed by atoms with Gasteiger partial charge in [-0.15, -0.1) is 0 Å². The molecule has 0 aromatic carbocycles. The van der Waals surface area contributed by atoms with Crippen LogP contribution in [0.15, 0.2) is 0 Å². The second-order valence-corrected chi connectivity index (χ2v) is 5.25. The zero-order chi connectivity index (χ0) is 14.5. The van der Waals surface area contributed by atoms with Crippen molar-refractivity contribution in [3.05, 3.63) is 0 Å². The lowest BCUT2D eigenvalue weighted by molar-refractivity contribution is -0.141. The van der Waals surface area contributed by atoms with Crippen LogP contribution in [0.25, 0.3) is 0 Å². The molecule has 0 rings (SSSR count). The first-order chi connectivity index (χ1) is 9.07. The third-order valence-electron chi connectivity index (χ3n) is 3.33. The fourth-order valence-corrected chi connectivity index (χ4v) is 1.88. The summed E-state index contributed by atoms with van der Waals surface area (Å²) in [4.78, 5) is 22.1. The summed E-state index contributed by atoms with van der Waals surface area (Å²) in [5, 5.41) is 11.5. The highest BCUT2D eigenvalue weighted by Crippen LogP contribution is 2.08. The number of aliphatic carboxylic acids is 1. The van der Waals surface area contributed by atoms with Crippen LogP contribution in [0.2, 0.25) is 0 Å². The molecule has 19 heavy (non-hydrogen) atoms.